The highest BCUT2D eigenvalue weighted by Gasteiger charge is 2.23. The van der Waals surface area contributed by atoms with Gasteiger partial charge >= 0.3 is 0 Å². The molecule has 0 bridgehead atoms. The van der Waals surface area contributed by atoms with Gasteiger partial charge in [0.05, 0.1) is 44.6 Å². The van der Waals surface area contributed by atoms with Crippen molar-refractivity contribution in [2.45, 2.75) is 77.8 Å². The number of ether oxygens (including phenoxy) is 3. The number of amides is 1. The van der Waals surface area contributed by atoms with E-state index in [0.29, 0.717) is 6.61 Å². The Morgan fingerprint density at radius 1 is 0.977 bits per heavy atom. The quantitative estimate of drug-likeness (QED) is 0.202. The highest BCUT2D eigenvalue weighted by Crippen LogP contribution is 2.38. The van der Waals surface area contributed by atoms with E-state index in [9.17, 15) is 14.3 Å². The van der Waals surface area contributed by atoms with E-state index in [1.165, 1.54) is 12.1 Å². The third-order valence-corrected chi connectivity index (χ3v) is 7.24. The number of carbonyl (C=O) groups is 1. The molecule has 0 radical (unpaired) electrons. The first kappa shape index (κ1) is 33.9. The SMILES string of the molecule is CNC(=O)C[C@@H](C[C@H](O)/C=C/c1c(C(C)C)nc(C(C)C)c(COC)c1-c1ccc(F)cc1)OCc1ccc(OC)cc1. The van der Waals surface area contributed by atoms with Crippen LogP contribution in [0.2, 0.25) is 0 Å². The molecule has 0 aliphatic carbocycles. The smallest absolute Gasteiger partial charge is 0.222 e. The molecular formula is C35H45FN2O5. The Kier molecular flexibility index (Phi) is 12.9. The molecule has 232 valence electrons. The molecule has 0 aliphatic rings. The number of aliphatic hydroxyl groups excluding tert-OH is 1. The van der Waals surface area contributed by atoms with Crippen LogP contribution >= 0.6 is 0 Å². The largest absolute Gasteiger partial charge is 0.497 e. The number of hydrogen-bond acceptors (Lipinski definition) is 6. The summed E-state index contributed by atoms with van der Waals surface area (Å²) in [5.41, 5.74) is 6.27. The molecule has 0 saturated heterocycles. The number of rotatable bonds is 15. The monoisotopic (exact) mass is 592 g/mol. The number of halogens is 1. The van der Waals surface area contributed by atoms with Gasteiger partial charge < -0.3 is 24.6 Å². The zero-order valence-electron chi connectivity index (χ0n) is 26.3. The molecule has 0 saturated carbocycles. The van der Waals surface area contributed by atoms with Crippen LogP contribution in [-0.4, -0.2) is 49.5 Å². The first-order chi connectivity index (χ1) is 20.6. The average Bonchev–Trinajstić information content (AvgIpc) is 2.99. The van der Waals surface area contributed by atoms with E-state index in [1.54, 1.807) is 39.5 Å². The van der Waals surface area contributed by atoms with Crippen LogP contribution in [0.4, 0.5) is 4.39 Å². The number of aromatic nitrogens is 1. The molecule has 2 aromatic carbocycles. The molecule has 43 heavy (non-hydrogen) atoms. The van der Waals surface area contributed by atoms with Gasteiger partial charge in [-0.25, -0.2) is 4.39 Å². The van der Waals surface area contributed by atoms with Gasteiger partial charge in [0.15, 0.2) is 0 Å². The van der Waals surface area contributed by atoms with E-state index in [4.69, 9.17) is 19.2 Å². The second-order valence-electron chi connectivity index (χ2n) is 11.2. The minimum Gasteiger partial charge on any atom is -0.497 e. The van der Waals surface area contributed by atoms with E-state index in [2.05, 4.69) is 33.0 Å². The van der Waals surface area contributed by atoms with Crippen LogP contribution in [0.15, 0.2) is 54.6 Å². The van der Waals surface area contributed by atoms with Crippen LogP contribution < -0.4 is 10.1 Å². The topological polar surface area (TPSA) is 89.9 Å². The summed E-state index contributed by atoms with van der Waals surface area (Å²) < 4.78 is 30.9. The molecule has 0 spiro atoms. The maximum Gasteiger partial charge on any atom is 0.222 e. The molecule has 1 heterocycles. The number of aliphatic hydroxyl groups is 1. The lowest BCUT2D eigenvalue weighted by Crippen LogP contribution is -2.28. The second kappa shape index (κ2) is 16.3. The zero-order chi connectivity index (χ0) is 31.5. The van der Waals surface area contributed by atoms with Gasteiger partial charge in [-0.3, -0.25) is 9.78 Å². The van der Waals surface area contributed by atoms with Gasteiger partial charge in [-0.05, 0) is 52.8 Å². The number of hydrogen-bond donors (Lipinski definition) is 2. The first-order valence-corrected chi connectivity index (χ1v) is 14.7. The van der Waals surface area contributed by atoms with Crippen LogP contribution in [0.1, 0.15) is 80.5 Å². The maximum atomic E-state index is 13.9. The highest BCUT2D eigenvalue weighted by atomic mass is 19.1. The third kappa shape index (κ3) is 9.45. The minimum atomic E-state index is -0.901. The van der Waals surface area contributed by atoms with Crippen molar-refractivity contribution in [1.29, 1.82) is 0 Å². The molecule has 0 aliphatic heterocycles. The lowest BCUT2D eigenvalue weighted by atomic mass is 9.87. The lowest BCUT2D eigenvalue weighted by molar-refractivity contribution is -0.124. The predicted octanol–water partition coefficient (Wildman–Crippen LogP) is 6.78. The molecule has 7 nitrogen and oxygen atoms in total. The molecular weight excluding hydrogens is 547 g/mol. The summed E-state index contributed by atoms with van der Waals surface area (Å²) in [6.45, 7) is 8.97. The van der Waals surface area contributed by atoms with Gasteiger partial charge in [0.25, 0.3) is 0 Å². The van der Waals surface area contributed by atoms with E-state index in [-0.39, 0.29) is 43.0 Å². The van der Waals surface area contributed by atoms with Gasteiger partial charge in [-0.15, -0.1) is 0 Å². The number of methoxy groups -OCH3 is 2. The molecule has 1 aromatic heterocycles. The Morgan fingerprint density at radius 3 is 2.19 bits per heavy atom. The average molecular weight is 593 g/mol. The number of pyridine rings is 1. The molecule has 3 aromatic rings. The fourth-order valence-electron chi connectivity index (χ4n) is 5.01. The highest BCUT2D eigenvalue weighted by molar-refractivity contribution is 5.80. The Labute approximate surface area is 255 Å². The summed E-state index contributed by atoms with van der Waals surface area (Å²) >= 11 is 0. The van der Waals surface area contributed by atoms with Gasteiger partial charge in [0.1, 0.15) is 11.6 Å². The molecule has 2 N–H and O–H groups in total. The fraction of sp³-hybridized carbons (Fsp3) is 0.429. The Hall–Kier alpha value is -3.59. The maximum absolute atomic E-state index is 13.9. The minimum absolute atomic E-state index is 0.0823. The summed E-state index contributed by atoms with van der Waals surface area (Å²) in [5, 5.41) is 13.8. The molecule has 0 fully saturated rings. The number of carbonyl (C=O) groups excluding carboxylic acids is 1. The molecule has 1 amide bonds. The van der Waals surface area contributed by atoms with Crippen molar-refractivity contribution in [3.05, 3.63) is 88.5 Å². The normalized spacial score (nSPS) is 13.1. The van der Waals surface area contributed by atoms with E-state index < -0.39 is 12.2 Å². The fourth-order valence-corrected chi connectivity index (χ4v) is 5.01. The number of nitrogens with zero attached hydrogens (tertiary/aromatic N) is 1. The van der Waals surface area contributed by atoms with Gasteiger partial charge in [-0.1, -0.05) is 64.1 Å². The van der Waals surface area contributed by atoms with Crippen molar-refractivity contribution in [3.8, 4) is 16.9 Å². The van der Waals surface area contributed by atoms with Gasteiger partial charge in [0.2, 0.25) is 5.91 Å². The van der Waals surface area contributed by atoms with Crippen molar-refractivity contribution >= 4 is 12.0 Å². The van der Waals surface area contributed by atoms with Gasteiger partial charge in [0, 0.05) is 37.4 Å². The Balaban J connectivity index is 1.98. The summed E-state index contributed by atoms with van der Waals surface area (Å²) in [4.78, 5) is 17.3. The van der Waals surface area contributed by atoms with E-state index >= 15 is 0 Å². The van der Waals surface area contributed by atoms with Crippen molar-refractivity contribution in [2.75, 3.05) is 21.3 Å². The first-order valence-electron chi connectivity index (χ1n) is 14.7. The van der Waals surface area contributed by atoms with Crippen molar-refractivity contribution in [3.63, 3.8) is 0 Å². The number of nitrogens with one attached hydrogen (secondary N) is 1. The van der Waals surface area contributed by atoms with Crippen molar-refractivity contribution in [1.82, 2.24) is 10.3 Å². The zero-order valence-corrected chi connectivity index (χ0v) is 26.3. The molecule has 2 atom stereocenters. The van der Waals surface area contributed by atoms with Crippen LogP contribution in [-0.2, 0) is 27.5 Å². The van der Waals surface area contributed by atoms with Gasteiger partial charge in [-0.2, -0.15) is 0 Å². The number of benzene rings is 2. The van der Waals surface area contributed by atoms with E-state index in [1.807, 2.05) is 30.3 Å². The van der Waals surface area contributed by atoms with E-state index in [0.717, 1.165) is 45.0 Å². The third-order valence-electron chi connectivity index (χ3n) is 7.24. The molecule has 8 heteroatoms. The standard InChI is InChI=1S/C35H45FN2O5/c1-22(2)34-30(33(25-10-12-26(36)13-11-25)31(21-41-6)35(38-34)23(3)4)17-14-27(39)18-29(19-32(40)37-5)43-20-24-8-15-28(42-7)16-9-24/h8-17,22-23,27,29,39H,18-21H2,1-7H3,(H,37,40)/b17-14+/t27-,29-/m1/s1. The summed E-state index contributed by atoms with van der Waals surface area (Å²) in [5.74, 6) is 0.479. The molecule has 3 rings (SSSR count). The summed E-state index contributed by atoms with van der Waals surface area (Å²) in [7, 11) is 4.83. The summed E-state index contributed by atoms with van der Waals surface area (Å²) in [6.07, 6.45) is 2.50. The molecule has 0 unspecified atom stereocenters. The van der Waals surface area contributed by atoms with Crippen LogP contribution in [0.5, 0.6) is 5.75 Å². The van der Waals surface area contributed by atoms with Crippen molar-refractivity contribution < 1.29 is 28.5 Å². The lowest BCUT2D eigenvalue weighted by Gasteiger charge is -2.24. The van der Waals surface area contributed by atoms with Crippen LogP contribution in [0.25, 0.3) is 17.2 Å². The van der Waals surface area contributed by atoms with Crippen LogP contribution in [0, 0.1) is 5.82 Å². The second-order valence-corrected chi connectivity index (χ2v) is 11.2. The summed E-state index contributed by atoms with van der Waals surface area (Å²) in [6, 6.07) is 13.9. The van der Waals surface area contributed by atoms with Crippen molar-refractivity contribution in [2.24, 2.45) is 0 Å². The van der Waals surface area contributed by atoms with Crippen LogP contribution in [0.3, 0.4) is 0 Å². The Morgan fingerprint density at radius 2 is 1.63 bits per heavy atom. The Bertz CT molecular complexity index is 1350. The predicted molar refractivity (Wildman–Crippen MR) is 168 cm³/mol.